The van der Waals surface area contributed by atoms with Crippen LogP contribution in [0.15, 0.2) is 0 Å². The molecule has 0 spiro atoms. The van der Waals surface area contributed by atoms with Crippen LogP contribution in [0.2, 0.25) is 0 Å². The summed E-state index contributed by atoms with van der Waals surface area (Å²) in [6.07, 6.45) is 5.26. The fraction of sp³-hybridized carbons (Fsp3) is 1.00. The highest BCUT2D eigenvalue weighted by Gasteiger charge is 1.83. The number of rotatable bonds is 6. The lowest BCUT2D eigenvalue weighted by atomic mass is 10.3. The van der Waals surface area contributed by atoms with Crippen LogP contribution in [0.5, 0.6) is 0 Å². The summed E-state index contributed by atoms with van der Waals surface area (Å²) < 4.78 is 0. The molecule has 0 unspecified atom stereocenters. The van der Waals surface area contributed by atoms with Crippen molar-refractivity contribution in [1.29, 1.82) is 0 Å². The van der Waals surface area contributed by atoms with Crippen LogP contribution < -0.4 is 5.32 Å². The van der Waals surface area contributed by atoms with Gasteiger partial charge in [0.25, 0.3) is 5.09 Å². The minimum atomic E-state index is -1.50. The Balaban J connectivity index is 0. The molecular formula is C8H20N2O3. The van der Waals surface area contributed by atoms with E-state index in [2.05, 4.69) is 19.2 Å². The molecule has 0 rings (SSSR count). The third-order valence-electron chi connectivity index (χ3n) is 1.41. The van der Waals surface area contributed by atoms with Gasteiger partial charge in [-0.15, -0.1) is 10.1 Å². The van der Waals surface area contributed by atoms with E-state index in [1.165, 1.54) is 38.8 Å². The van der Waals surface area contributed by atoms with Gasteiger partial charge in [-0.3, -0.25) is 0 Å². The van der Waals surface area contributed by atoms with Gasteiger partial charge in [0.15, 0.2) is 0 Å². The summed E-state index contributed by atoms with van der Waals surface area (Å²) in [6.45, 7) is 6.86. The highest BCUT2D eigenvalue weighted by molar-refractivity contribution is 4.45. The van der Waals surface area contributed by atoms with Crippen molar-refractivity contribution in [3.8, 4) is 0 Å². The maximum atomic E-state index is 8.36. The van der Waals surface area contributed by atoms with Crippen molar-refractivity contribution in [2.75, 3.05) is 13.1 Å². The standard InChI is InChI=1S/C8H19N.HNO3/c1-3-5-7-9-8-6-4-2;2-1(3)4/h9H,3-8H2,1-2H3;(H,2,3,4). The normalized spacial score (nSPS) is 8.77. The molecule has 0 aromatic rings. The summed E-state index contributed by atoms with van der Waals surface area (Å²) >= 11 is 0. The van der Waals surface area contributed by atoms with Gasteiger partial charge in [0, 0.05) is 0 Å². The van der Waals surface area contributed by atoms with Crippen LogP contribution in [0, 0.1) is 10.1 Å². The van der Waals surface area contributed by atoms with E-state index in [1.54, 1.807) is 0 Å². The van der Waals surface area contributed by atoms with E-state index in [0.29, 0.717) is 0 Å². The van der Waals surface area contributed by atoms with E-state index in [1.807, 2.05) is 0 Å². The number of hydrogen-bond acceptors (Lipinski definition) is 3. The minimum Gasteiger partial charge on any atom is -0.328 e. The number of nitrogens with one attached hydrogen (secondary N) is 1. The molecular weight excluding hydrogens is 172 g/mol. The van der Waals surface area contributed by atoms with Crippen molar-refractivity contribution in [2.45, 2.75) is 39.5 Å². The topological polar surface area (TPSA) is 75.4 Å². The van der Waals surface area contributed by atoms with E-state index in [-0.39, 0.29) is 0 Å². The molecule has 13 heavy (non-hydrogen) atoms. The largest absolute Gasteiger partial charge is 0.328 e. The van der Waals surface area contributed by atoms with E-state index in [9.17, 15) is 0 Å². The molecule has 0 heterocycles. The summed E-state index contributed by atoms with van der Waals surface area (Å²) in [6, 6.07) is 0. The van der Waals surface area contributed by atoms with Crippen molar-refractivity contribution in [3.63, 3.8) is 0 Å². The van der Waals surface area contributed by atoms with Crippen LogP contribution in [0.4, 0.5) is 0 Å². The molecule has 0 aromatic heterocycles. The lowest BCUT2D eigenvalue weighted by Crippen LogP contribution is -2.15. The van der Waals surface area contributed by atoms with Crippen LogP contribution >= 0.6 is 0 Å². The Morgan fingerprint density at radius 2 is 1.54 bits per heavy atom. The molecule has 0 atom stereocenters. The zero-order chi connectivity index (χ0) is 10.5. The number of nitrogens with zero attached hydrogens (tertiary/aromatic N) is 1. The number of unbranched alkanes of at least 4 members (excludes halogenated alkanes) is 2. The molecule has 0 aliphatic rings. The molecule has 0 fully saturated rings. The van der Waals surface area contributed by atoms with Gasteiger partial charge in [0.2, 0.25) is 0 Å². The first-order chi connectivity index (χ1) is 6.15. The Morgan fingerprint density at radius 1 is 1.23 bits per heavy atom. The average Bonchev–Trinajstić information content (AvgIpc) is 2.03. The van der Waals surface area contributed by atoms with Crippen LogP contribution in [-0.4, -0.2) is 23.4 Å². The lowest BCUT2D eigenvalue weighted by molar-refractivity contribution is -0.742. The maximum Gasteiger partial charge on any atom is 0.291 e. The summed E-state index contributed by atoms with van der Waals surface area (Å²) in [5.41, 5.74) is 0. The molecule has 0 aliphatic heterocycles. The maximum absolute atomic E-state index is 8.36. The van der Waals surface area contributed by atoms with Gasteiger partial charge in [-0.05, 0) is 25.9 Å². The van der Waals surface area contributed by atoms with Gasteiger partial charge >= 0.3 is 0 Å². The van der Waals surface area contributed by atoms with Crippen molar-refractivity contribution < 1.29 is 10.3 Å². The molecule has 2 N–H and O–H groups in total. The molecule has 80 valence electrons. The summed E-state index contributed by atoms with van der Waals surface area (Å²) in [5.74, 6) is 0. The second kappa shape index (κ2) is 13.7. The molecule has 0 saturated carbocycles. The van der Waals surface area contributed by atoms with Crippen molar-refractivity contribution in [2.24, 2.45) is 0 Å². The van der Waals surface area contributed by atoms with Crippen LogP contribution in [-0.2, 0) is 0 Å². The van der Waals surface area contributed by atoms with Crippen LogP contribution in [0.25, 0.3) is 0 Å². The smallest absolute Gasteiger partial charge is 0.291 e. The van der Waals surface area contributed by atoms with Gasteiger partial charge in [-0.2, -0.15) is 0 Å². The molecule has 5 nitrogen and oxygen atoms in total. The SMILES string of the molecule is CCCCNCCCC.O=[N+]([O-])O. The predicted molar refractivity (Wildman–Crippen MR) is 51.5 cm³/mol. The van der Waals surface area contributed by atoms with Gasteiger partial charge in [-0.1, -0.05) is 26.7 Å². The number of hydrogen-bond donors (Lipinski definition) is 2. The zero-order valence-corrected chi connectivity index (χ0v) is 8.45. The van der Waals surface area contributed by atoms with Crippen molar-refractivity contribution >= 4 is 0 Å². The Labute approximate surface area is 79.3 Å². The fourth-order valence-corrected chi connectivity index (χ4v) is 0.729. The zero-order valence-electron chi connectivity index (χ0n) is 8.45. The van der Waals surface area contributed by atoms with Gasteiger partial charge in [-0.25, -0.2) is 0 Å². The Kier molecular flexibility index (Phi) is 15.5. The quantitative estimate of drug-likeness (QED) is 0.382. The molecule has 0 radical (unpaired) electrons. The molecule has 0 saturated heterocycles. The highest BCUT2D eigenvalue weighted by Crippen LogP contribution is 1.85. The van der Waals surface area contributed by atoms with Gasteiger partial charge in [0.1, 0.15) is 0 Å². The summed E-state index contributed by atoms with van der Waals surface area (Å²) in [7, 11) is 0. The van der Waals surface area contributed by atoms with Crippen molar-refractivity contribution in [1.82, 2.24) is 5.32 Å². The fourth-order valence-electron chi connectivity index (χ4n) is 0.729. The average molecular weight is 192 g/mol. The van der Waals surface area contributed by atoms with Crippen molar-refractivity contribution in [3.05, 3.63) is 10.1 Å². The van der Waals surface area contributed by atoms with E-state index in [4.69, 9.17) is 15.3 Å². The summed E-state index contributed by atoms with van der Waals surface area (Å²) in [5, 5.41) is 17.0. The Hall–Kier alpha value is -0.840. The molecule has 0 aliphatic carbocycles. The highest BCUT2D eigenvalue weighted by atomic mass is 16.9. The second-order valence-electron chi connectivity index (χ2n) is 2.69. The molecule has 0 amide bonds. The van der Waals surface area contributed by atoms with E-state index in [0.717, 1.165) is 0 Å². The molecule has 5 heteroatoms. The third-order valence-corrected chi connectivity index (χ3v) is 1.41. The van der Waals surface area contributed by atoms with Gasteiger partial charge < -0.3 is 10.5 Å². The predicted octanol–water partition coefficient (Wildman–Crippen LogP) is 1.83. The Morgan fingerprint density at radius 3 is 1.77 bits per heavy atom. The lowest BCUT2D eigenvalue weighted by Gasteiger charge is -1.99. The van der Waals surface area contributed by atoms with E-state index < -0.39 is 5.09 Å². The first-order valence-electron chi connectivity index (χ1n) is 4.69. The minimum absolute atomic E-state index is 1.20. The van der Waals surface area contributed by atoms with Crippen LogP contribution in [0.3, 0.4) is 0 Å². The first-order valence-corrected chi connectivity index (χ1v) is 4.69. The second-order valence-corrected chi connectivity index (χ2v) is 2.69. The van der Waals surface area contributed by atoms with Gasteiger partial charge in [0.05, 0.1) is 0 Å². The Bertz CT molecular complexity index is 99.6. The molecule has 0 aromatic carbocycles. The van der Waals surface area contributed by atoms with E-state index >= 15 is 0 Å². The third kappa shape index (κ3) is 35.2. The first kappa shape index (κ1) is 14.7. The monoisotopic (exact) mass is 192 g/mol. The van der Waals surface area contributed by atoms with Crippen LogP contribution in [0.1, 0.15) is 39.5 Å². The molecule has 0 bridgehead atoms. The summed E-state index contributed by atoms with van der Waals surface area (Å²) in [4.78, 5) is 8.36.